The fourth-order valence-electron chi connectivity index (χ4n) is 1.05. The van der Waals surface area contributed by atoms with Crippen molar-refractivity contribution >= 4 is 11.6 Å². The molecule has 0 unspecified atom stereocenters. The van der Waals surface area contributed by atoms with Crippen molar-refractivity contribution in [2.24, 2.45) is 0 Å². The van der Waals surface area contributed by atoms with E-state index >= 15 is 0 Å². The number of halogens is 1. The van der Waals surface area contributed by atoms with Crippen LogP contribution in [-0.2, 0) is 0 Å². The molecule has 0 radical (unpaired) electrons. The van der Waals surface area contributed by atoms with Crippen LogP contribution in [0.1, 0.15) is 12.8 Å². The first-order valence-corrected chi connectivity index (χ1v) is 4.53. The molecule has 1 fully saturated rings. The zero-order valence-corrected chi connectivity index (χ0v) is 8.04. The fraction of sp³-hybridized carbons (Fsp3) is 0.444. The lowest BCUT2D eigenvalue weighted by Crippen LogP contribution is -1.99. The number of nitrogens with zero attached hydrogens (tertiary/aromatic N) is 1. The molecule has 0 spiro atoms. The third-order valence-electron chi connectivity index (χ3n) is 1.84. The molecule has 0 N–H and O–H groups in total. The van der Waals surface area contributed by atoms with Gasteiger partial charge in [0.1, 0.15) is 5.02 Å². The highest BCUT2D eigenvalue weighted by Gasteiger charge is 2.25. The molecule has 0 bridgehead atoms. The lowest BCUT2D eigenvalue weighted by molar-refractivity contribution is 0.281. The summed E-state index contributed by atoms with van der Waals surface area (Å²) < 4.78 is 10.7. The van der Waals surface area contributed by atoms with E-state index in [4.69, 9.17) is 21.1 Å². The predicted molar refractivity (Wildman–Crippen MR) is 49.4 cm³/mol. The van der Waals surface area contributed by atoms with E-state index in [0.717, 1.165) is 12.8 Å². The summed E-state index contributed by atoms with van der Waals surface area (Å²) in [7, 11) is 1.57. The van der Waals surface area contributed by atoms with Crippen molar-refractivity contribution in [2.75, 3.05) is 7.11 Å². The van der Waals surface area contributed by atoms with E-state index in [1.807, 2.05) is 0 Å². The molecule has 2 rings (SSSR count). The second-order valence-electron chi connectivity index (χ2n) is 2.97. The van der Waals surface area contributed by atoms with Gasteiger partial charge in [-0.05, 0) is 12.8 Å². The third-order valence-corrected chi connectivity index (χ3v) is 2.11. The Hall–Kier alpha value is -0.960. The quantitative estimate of drug-likeness (QED) is 0.749. The monoisotopic (exact) mass is 199 g/mol. The van der Waals surface area contributed by atoms with Gasteiger partial charge >= 0.3 is 0 Å². The van der Waals surface area contributed by atoms with Gasteiger partial charge in [0.05, 0.1) is 19.4 Å². The van der Waals surface area contributed by atoms with Crippen molar-refractivity contribution in [2.45, 2.75) is 18.9 Å². The maximum absolute atomic E-state index is 5.87. The summed E-state index contributed by atoms with van der Waals surface area (Å²) >= 11 is 5.87. The van der Waals surface area contributed by atoms with Crippen LogP contribution in [0.5, 0.6) is 11.5 Å². The second kappa shape index (κ2) is 3.42. The van der Waals surface area contributed by atoms with Gasteiger partial charge in [-0.2, -0.15) is 0 Å². The normalized spacial score (nSPS) is 15.5. The first kappa shape index (κ1) is 8.63. The molecular formula is C9H10ClNO2. The smallest absolute Gasteiger partial charge is 0.182 e. The first-order chi connectivity index (χ1) is 6.31. The Balaban J connectivity index is 2.25. The van der Waals surface area contributed by atoms with Crippen LogP contribution in [0.25, 0.3) is 0 Å². The molecule has 0 aromatic carbocycles. The van der Waals surface area contributed by atoms with Gasteiger partial charge in [0.2, 0.25) is 0 Å². The number of hydrogen-bond donors (Lipinski definition) is 0. The van der Waals surface area contributed by atoms with Gasteiger partial charge in [-0.15, -0.1) is 0 Å². The van der Waals surface area contributed by atoms with Gasteiger partial charge in [0.15, 0.2) is 11.5 Å². The molecule has 4 heteroatoms. The molecule has 1 aliphatic carbocycles. The predicted octanol–water partition coefficient (Wildman–Crippen LogP) is 2.28. The number of pyridine rings is 1. The van der Waals surface area contributed by atoms with Crippen LogP contribution in [-0.4, -0.2) is 18.2 Å². The summed E-state index contributed by atoms with van der Waals surface area (Å²) in [6.45, 7) is 0. The summed E-state index contributed by atoms with van der Waals surface area (Å²) in [5.74, 6) is 1.21. The number of methoxy groups -OCH3 is 1. The van der Waals surface area contributed by atoms with Crippen molar-refractivity contribution < 1.29 is 9.47 Å². The van der Waals surface area contributed by atoms with Crippen molar-refractivity contribution in [3.63, 3.8) is 0 Å². The van der Waals surface area contributed by atoms with E-state index in [2.05, 4.69) is 4.98 Å². The number of hydrogen-bond acceptors (Lipinski definition) is 3. The molecule has 1 aromatic heterocycles. The number of ether oxygens (including phenoxy) is 2. The van der Waals surface area contributed by atoms with Gasteiger partial charge in [-0.1, -0.05) is 11.6 Å². The minimum Gasteiger partial charge on any atom is -0.491 e. The van der Waals surface area contributed by atoms with Crippen molar-refractivity contribution in [3.8, 4) is 11.5 Å². The highest BCUT2D eigenvalue weighted by atomic mass is 35.5. The molecule has 1 heterocycles. The van der Waals surface area contributed by atoms with E-state index in [9.17, 15) is 0 Å². The molecule has 1 aliphatic rings. The number of rotatable bonds is 3. The summed E-state index contributed by atoms with van der Waals surface area (Å²) in [6.07, 6.45) is 5.71. The Morgan fingerprint density at radius 2 is 2.23 bits per heavy atom. The van der Waals surface area contributed by atoms with Gasteiger partial charge < -0.3 is 9.47 Å². The lowest BCUT2D eigenvalue weighted by Gasteiger charge is -2.09. The second-order valence-corrected chi connectivity index (χ2v) is 3.38. The Morgan fingerprint density at radius 1 is 1.46 bits per heavy atom. The molecule has 70 valence electrons. The van der Waals surface area contributed by atoms with E-state index in [-0.39, 0.29) is 0 Å². The Kier molecular flexibility index (Phi) is 2.27. The zero-order valence-electron chi connectivity index (χ0n) is 7.29. The minimum absolute atomic E-state index is 0.328. The number of aromatic nitrogens is 1. The van der Waals surface area contributed by atoms with Crippen LogP contribution >= 0.6 is 11.6 Å². The molecule has 0 saturated heterocycles. The van der Waals surface area contributed by atoms with Crippen molar-refractivity contribution in [3.05, 3.63) is 17.4 Å². The Morgan fingerprint density at radius 3 is 2.85 bits per heavy atom. The van der Waals surface area contributed by atoms with E-state index in [1.165, 1.54) is 0 Å². The molecular weight excluding hydrogens is 190 g/mol. The first-order valence-electron chi connectivity index (χ1n) is 4.15. The third kappa shape index (κ3) is 1.86. The van der Waals surface area contributed by atoms with Gasteiger partial charge in [0, 0.05) is 6.20 Å². The average Bonchev–Trinajstić information content (AvgIpc) is 2.89. The lowest BCUT2D eigenvalue weighted by atomic mass is 10.4. The van der Waals surface area contributed by atoms with Crippen molar-refractivity contribution in [1.82, 2.24) is 4.98 Å². The maximum atomic E-state index is 5.87. The molecule has 0 atom stereocenters. The highest BCUT2D eigenvalue weighted by Crippen LogP contribution is 2.37. The highest BCUT2D eigenvalue weighted by molar-refractivity contribution is 6.32. The summed E-state index contributed by atoms with van der Waals surface area (Å²) in [4.78, 5) is 3.94. The Labute approximate surface area is 81.6 Å². The van der Waals surface area contributed by atoms with Crippen LogP contribution in [0.3, 0.4) is 0 Å². The van der Waals surface area contributed by atoms with Crippen LogP contribution in [0.2, 0.25) is 5.02 Å². The zero-order chi connectivity index (χ0) is 9.26. The molecule has 1 saturated carbocycles. The molecule has 13 heavy (non-hydrogen) atoms. The van der Waals surface area contributed by atoms with Gasteiger partial charge in [-0.25, -0.2) is 0 Å². The summed E-state index contributed by atoms with van der Waals surface area (Å²) in [5.41, 5.74) is 0. The molecule has 0 aliphatic heterocycles. The van der Waals surface area contributed by atoms with Crippen LogP contribution < -0.4 is 9.47 Å². The fourth-order valence-corrected chi connectivity index (χ4v) is 1.28. The van der Waals surface area contributed by atoms with Gasteiger partial charge in [0.25, 0.3) is 0 Å². The van der Waals surface area contributed by atoms with Crippen molar-refractivity contribution in [1.29, 1.82) is 0 Å². The Bertz CT molecular complexity index is 312. The van der Waals surface area contributed by atoms with Crippen LogP contribution in [0.15, 0.2) is 12.4 Å². The van der Waals surface area contributed by atoms with Crippen LogP contribution in [0.4, 0.5) is 0 Å². The largest absolute Gasteiger partial charge is 0.491 e. The van der Waals surface area contributed by atoms with Crippen LogP contribution in [0, 0.1) is 0 Å². The summed E-state index contributed by atoms with van der Waals surface area (Å²) in [5, 5.41) is 0.487. The molecule has 3 nitrogen and oxygen atoms in total. The van der Waals surface area contributed by atoms with Gasteiger partial charge in [-0.3, -0.25) is 4.98 Å². The average molecular weight is 200 g/mol. The summed E-state index contributed by atoms with van der Waals surface area (Å²) in [6, 6.07) is 0. The molecule has 1 aromatic rings. The maximum Gasteiger partial charge on any atom is 0.182 e. The van der Waals surface area contributed by atoms with E-state index in [1.54, 1.807) is 19.5 Å². The topological polar surface area (TPSA) is 31.4 Å². The minimum atomic E-state index is 0.328. The standard InChI is InChI=1S/C9H10ClNO2/c1-12-9-7(10)4-11-5-8(9)13-6-2-3-6/h4-6H,2-3H2,1H3. The van der Waals surface area contributed by atoms with E-state index in [0.29, 0.717) is 22.6 Å². The molecule has 0 amide bonds. The van der Waals surface area contributed by atoms with E-state index < -0.39 is 0 Å². The SMILES string of the molecule is COc1c(Cl)cncc1OC1CC1.